The van der Waals surface area contributed by atoms with Crippen molar-refractivity contribution in [3.8, 4) is 0 Å². The number of carbonyl (C=O) groups is 4. The Morgan fingerprint density at radius 1 is 0.508 bits per heavy atom. The zero-order valence-electron chi connectivity index (χ0n) is 39.4. The normalized spacial score (nSPS) is 12.7. The van der Waals surface area contributed by atoms with Gasteiger partial charge in [0.05, 0.1) is 13.2 Å². The minimum atomic E-state index is -1.38. The zero-order chi connectivity index (χ0) is 44.7. The van der Waals surface area contributed by atoms with Crippen LogP contribution in [-0.4, -0.2) is 59.3 Å². The number of rotatable bonds is 46. The van der Waals surface area contributed by atoms with Crippen molar-refractivity contribution in [1.82, 2.24) is 10.6 Å². The maximum atomic E-state index is 12.8. The van der Waals surface area contributed by atoms with Crippen LogP contribution in [0.3, 0.4) is 0 Å². The van der Waals surface area contributed by atoms with E-state index >= 15 is 0 Å². The highest BCUT2D eigenvalue weighted by molar-refractivity contribution is 5.87. The number of unbranched alkanes of at least 4 members (excludes halogenated alkanes) is 28. The summed E-state index contributed by atoms with van der Waals surface area (Å²) in [6, 6.07) is -1.38. The van der Waals surface area contributed by atoms with Crippen molar-refractivity contribution in [3.63, 3.8) is 0 Å². The van der Waals surface area contributed by atoms with Gasteiger partial charge in [0.1, 0.15) is 12.1 Å². The minimum absolute atomic E-state index is 0.0766. The van der Waals surface area contributed by atoms with E-state index in [0.717, 1.165) is 64.2 Å². The molecule has 0 spiro atoms. The Hall–Kier alpha value is -2.94. The van der Waals surface area contributed by atoms with Gasteiger partial charge in [-0.15, -0.1) is 0 Å². The third-order valence-electron chi connectivity index (χ3n) is 11.3. The van der Waals surface area contributed by atoms with Gasteiger partial charge in [-0.1, -0.05) is 192 Å². The van der Waals surface area contributed by atoms with E-state index in [2.05, 4.69) is 60.9 Å². The molecule has 0 aliphatic carbocycles. The number of aliphatic hydroxyl groups excluding tert-OH is 1. The number of aliphatic hydroxyl groups is 1. The molecule has 0 saturated carbocycles. The molecule has 0 aliphatic heterocycles. The second kappa shape index (κ2) is 46.6. The molecule has 0 rings (SSSR count). The third-order valence-corrected chi connectivity index (χ3v) is 11.3. The summed E-state index contributed by atoms with van der Waals surface area (Å²) in [7, 11) is 0. The summed E-state index contributed by atoms with van der Waals surface area (Å²) in [6.45, 7) is 3.48. The lowest BCUT2D eigenvalue weighted by molar-refractivity contribution is -0.147. The third kappa shape index (κ3) is 43.5. The van der Waals surface area contributed by atoms with Gasteiger partial charge in [0.2, 0.25) is 11.8 Å². The van der Waals surface area contributed by atoms with Gasteiger partial charge < -0.3 is 25.6 Å². The van der Waals surface area contributed by atoms with E-state index in [4.69, 9.17) is 14.9 Å². The largest absolute Gasteiger partial charge is 0.480 e. The summed E-state index contributed by atoms with van der Waals surface area (Å²) in [5, 5.41) is 22.6. The molecule has 354 valence electrons. The summed E-state index contributed by atoms with van der Waals surface area (Å²) >= 11 is 0. The Balaban J connectivity index is 4.13. The predicted octanol–water partition coefficient (Wildman–Crippen LogP) is 13.3. The Kier molecular flexibility index (Phi) is 44.3. The van der Waals surface area contributed by atoms with E-state index in [-0.39, 0.29) is 24.5 Å². The lowest BCUT2D eigenvalue weighted by Gasteiger charge is -2.15. The average molecular weight is 859 g/mol. The van der Waals surface area contributed by atoms with Crippen LogP contribution in [0.25, 0.3) is 0 Å². The van der Waals surface area contributed by atoms with Crippen molar-refractivity contribution < 1.29 is 34.1 Å². The standard InChI is InChI=1S/C52H94N2O7/c1-3-5-7-9-11-13-14-15-16-17-18-19-20-21-22-23-24-25-26-28-30-36-40-44-51(58)61-47(41-37-33-29-27-12-10-8-6-4-2)42-38-34-31-32-35-39-43-49(56)53-45-50(57)54-48(46-55)52(59)60/h14-15,17-18,37,41,47-48,55H,3-13,16,19-36,38-40,42-46H2,1-2H3,(H,53,56)(H,54,57)(H,59,60)/b15-14-,18-17-,41-37-. The van der Waals surface area contributed by atoms with Crippen LogP contribution in [0, 0.1) is 0 Å². The van der Waals surface area contributed by atoms with Crippen LogP contribution in [-0.2, 0) is 23.9 Å². The lowest BCUT2D eigenvalue weighted by Crippen LogP contribution is -2.47. The van der Waals surface area contributed by atoms with E-state index in [1.807, 2.05) is 0 Å². The van der Waals surface area contributed by atoms with Crippen LogP contribution in [0.4, 0.5) is 0 Å². The first-order chi connectivity index (χ1) is 29.8. The number of carboxylic acid groups (broad SMARTS) is 1. The molecule has 9 nitrogen and oxygen atoms in total. The Morgan fingerprint density at radius 3 is 1.41 bits per heavy atom. The summed E-state index contributed by atoms with van der Waals surface area (Å²) in [6.07, 6.45) is 54.9. The maximum absolute atomic E-state index is 12.8. The van der Waals surface area contributed by atoms with Crippen LogP contribution in [0.5, 0.6) is 0 Å². The molecule has 0 aromatic carbocycles. The molecule has 2 unspecified atom stereocenters. The highest BCUT2D eigenvalue weighted by Gasteiger charge is 2.18. The summed E-state index contributed by atoms with van der Waals surface area (Å²) in [5.41, 5.74) is 0. The molecule has 0 fully saturated rings. The first-order valence-electron chi connectivity index (χ1n) is 25.4. The van der Waals surface area contributed by atoms with Gasteiger partial charge in [0.15, 0.2) is 0 Å². The molecular formula is C52H94N2O7. The molecule has 61 heavy (non-hydrogen) atoms. The van der Waals surface area contributed by atoms with Gasteiger partial charge in [-0.2, -0.15) is 0 Å². The van der Waals surface area contributed by atoms with Gasteiger partial charge in [-0.25, -0.2) is 4.79 Å². The SMILES string of the molecule is CCCCCCC/C=C\C/C=C\CCCCCCCCCCCCCC(=O)OC(/C=C\CCCCCCCCC)CCCCCCCCC(=O)NCC(=O)NC(CO)C(=O)O. The highest BCUT2D eigenvalue weighted by atomic mass is 16.5. The number of esters is 1. The number of carbonyl (C=O) groups excluding carboxylic acids is 3. The summed E-state index contributed by atoms with van der Waals surface area (Å²) < 4.78 is 5.98. The zero-order valence-corrected chi connectivity index (χ0v) is 39.4. The van der Waals surface area contributed by atoms with E-state index in [1.165, 1.54) is 148 Å². The highest BCUT2D eigenvalue weighted by Crippen LogP contribution is 2.17. The number of amides is 2. The van der Waals surface area contributed by atoms with Gasteiger partial charge in [-0.3, -0.25) is 14.4 Å². The predicted molar refractivity (Wildman–Crippen MR) is 255 cm³/mol. The van der Waals surface area contributed by atoms with E-state index in [1.54, 1.807) is 0 Å². The van der Waals surface area contributed by atoms with Crippen molar-refractivity contribution in [2.24, 2.45) is 0 Å². The van der Waals surface area contributed by atoms with Crippen molar-refractivity contribution in [3.05, 3.63) is 36.5 Å². The molecule has 0 aromatic heterocycles. The van der Waals surface area contributed by atoms with Gasteiger partial charge in [0.25, 0.3) is 0 Å². The topological polar surface area (TPSA) is 142 Å². The van der Waals surface area contributed by atoms with Crippen LogP contribution < -0.4 is 10.6 Å². The number of ether oxygens (including phenoxy) is 1. The smallest absolute Gasteiger partial charge is 0.328 e. The van der Waals surface area contributed by atoms with Crippen molar-refractivity contribution in [2.45, 2.75) is 257 Å². The molecule has 0 heterocycles. The number of carboxylic acids is 1. The van der Waals surface area contributed by atoms with E-state index in [0.29, 0.717) is 19.3 Å². The van der Waals surface area contributed by atoms with Crippen LogP contribution in [0.15, 0.2) is 36.5 Å². The first kappa shape index (κ1) is 58.1. The molecule has 2 amide bonds. The molecule has 2 atom stereocenters. The molecule has 0 bridgehead atoms. The van der Waals surface area contributed by atoms with Crippen molar-refractivity contribution in [1.29, 1.82) is 0 Å². The molecule has 0 aliphatic rings. The van der Waals surface area contributed by atoms with Crippen molar-refractivity contribution in [2.75, 3.05) is 13.2 Å². The quantitative estimate of drug-likeness (QED) is 0.0271. The fourth-order valence-corrected chi connectivity index (χ4v) is 7.42. The van der Waals surface area contributed by atoms with Crippen LogP contribution >= 0.6 is 0 Å². The molecule has 4 N–H and O–H groups in total. The van der Waals surface area contributed by atoms with E-state index < -0.39 is 24.5 Å². The molecule has 0 aromatic rings. The number of hydrogen-bond acceptors (Lipinski definition) is 6. The lowest BCUT2D eigenvalue weighted by atomic mass is 10.0. The first-order valence-corrected chi connectivity index (χ1v) is 25.4. The minimum Gasteiger partial charge on any atom is -0.480 e. The van der Waals surface area contributed by atoms with Gasteiger partial charge >= 0.3 is 11.9 Å². The summed E-state index contributed by atoms with van der Waals surface area (Å²) in [5.74, 6) is -2.32. The molecule has 0 radical (unpaired) electrons. The fourth-order valence-electron chi connectivity index (χ4n) is 7.42. The van der Waals surface area contributed by atoms with Gasteiger partial charge in [-0.05, 0) is 76.7 Å². The second-order valence-electron chi connectivity index (χ2n) is 17.3. The number of allylic oxidation sites excluding steroid dienone is 5. The van der Waals surface area contributed by atoms with Crippen LogP contribution in [0.2, 0.25) is 0 Å². The second-order valence-corrected chi connectivity index (χ2v) is 17.3. The Morgan fingerprint density at radius 2 is 0.934 bits per heavy atom. The molecule has 9 heteroatoms. The molecule has 0 saturated heterocycles. The van der Waals surface area contributed by atoms with Crippen LogP contribution in [0.1, 0.15) is 245 Å². The van der Waals surface area contributed by atoms with E-state index in [9.17, 15) is 19.2 Å². The number of hydrogen-bond donors (Lipinski definition) is 4. The monoisotopic (exact) mass is 859 g/mol. The number of aliphatic carboxylic acids is 1. The fraction of sp³-hybridized carbons (Fsp3) is 0.808. The Labute approximate surface area is 374 Å². The average Bonchev–Trinajstić information content (AvgIpc) is 3.25. The number of nitrogens with one attached hydrogen (secondary N) is 2. The van der Waals surface area contributed by atoms with Gasteiger partial charge in [0, 0.05) is 12.8 Å². The Bertz CT molecular complexity index is 1120. The molecular weight excluding hydrogens is 765 g/mol. The van der Waals surface area contributed by atoms with Crippen molar-refractivity contribution >= 4 is 23.8 Å². The summed E-state index contributed by atoms with van der Waals surface area (Å²) in [4.78, 5) is 47.6. The maximum Gasteiger partial charge on any atom is 0.328 e.